The summed E-state index contributed by atoms with van der Waals surface area (Å²) in [7, 11) is 0. The van der Waals surface area contributed by atoms with Crippen LogP contribution < -0.4 is 4.74 Å². The third-order valence-corrected chi connectivity index (χ3v) is 2.65. The van der Waals surface area contributed by atoms with Gasteiger partial charge in [-0.15, -0.1) is 0 Å². The van der Waals surface area contributed by atoms with Crippen molar-refractivity contribution in [1.82, 2.24) is 0 Å². The van der Waals surface area contributed by atoms with Gasteiger partial charge < -0.3 is 4.74 Å². The maximum absolute atomic E-state index is 13.2. The molecule has 0 saturated carbocycles. The lowest BCUT2D eigenvalue weighted by molar-refractivity contribution is 0.100. The van der Waals surface area contributed by atoms with E-state index >= 15 is 0 Å². The van der Waals surface area contributed by atoms with E-state index in [9.17, 15) is 9.18 Å². The molecule has 0 fully saturated rings. The average Bonchev–Trinajstić information content (AvgIpc) is 2.17. The van der Waals surface area contributed by atoms with Crippen LogP contribution in [0.2, 0.25) is 0 Å². The van der Waals surface area contributed by atoms with Gasteiger partial charge >= 0.3 is 0 Å². The standard InChI is InChI=1S/C12H13FO2/c1-7-3-4-9-5-10(13)6-11(8(2)14)12(9)15-7/h5-7H,3-4H2,1-2H3. The number of hydrogen-bond donors (Lipinski definition) is 0. The lowest BCUT2D eigenvalue weighted by atomic mass is 9.98. The van der Waals surface area contributed by atoms with E-state index in [2.05, 4.69) is 0 Å². The first kappa shape index (κ1) is 10.1. The van der Waals surface area contributed by atoms with Gasteiger partial charge in [0.25, 0.3) is 0 Å². The molecule has 1 aromatic rings. The van der Waals surface area contributed by atoms with E-state index in [0.29, 0.717) is 11.3 Å². The van der Waals surface area contributed by atoms with Crippen LogP contribution in [0.1, 0.15) is 36.2 Å². The number of carbonyl (C=O) groups excluding carboxylic acids is 1. The van der Waals surface area contributed by atoms with E-state index in [1.165, 1.54) is 19.1 Å². The third-order valence-electron chi connectivity index (χ3n) is 2.65. The fourth-order valence-electron chi connectivity index (χ4n) is 1.86. The first-order chi connectivity index (χ1) is 7.08. The quantitative estimate of drug-likeness (QED) is 0.663. The fraction of sp³-hybridized carbons (Fsp3) is 0.417. The van der Waals surface area contributed by atoms with Crippen molar-refractivity contribution in [3.63, 3.8) is 0 Å². The number of aryl methyl sites for hydroxylation is 1. The lowest BCUT2D eigenvalue weighted by Gasteiger charge is -2.24. The molecule has 1 atom stereocenters. The van der Waals surface area contributed by atoms with Gasteiger partial charge in [-0.05, 0) is 44.4 Å². The van der Waals surface area contributed by atoms with Crippen LogP contribution in [-0.4, -0.2) is 11.9 Å². The number of hydrogen-bond acceptors (Lipinski definition) is 2. The average molecular weight is 208 g/mol. The van der Waals surface area contributed by atoms with Gasteiger partial charge in [0.2, 0.25) is 0 Å². The Morgan fingerprint density at radius 2 is 2.27 bits per heavy atom. The second-order valence-corrected chi connectivity index (χ2v) is 3.96. The smallest absolute Gasteiger partial charge is 0.163 e. The number of fused-ring (bicyclic) bond motifs is 1. The van der Waals surface area contributed by atoms with Crippen LogP contribution in [0.3, 0.4) is 0 Å². The Balaban J connectivity index is 2.55. The molecular formula is C12H13FO2. The van der Waals surface area contributed by atoms with Crippen LogP contribution in [0.25, 0.3) is 0 Å². The Kier molecular flexibility index (Phi) is 2.47. The molecular weight excluding hydrogens is 195 g/mol. The summed E-state index contributed by atoms with van der Waals surface area (Å²) >= 11 is 0. The maximum Gasteiger partial charge on any atom is 0.163 e. The van der Waals surface area contributed by atoms with E-state index in [0.717, 1.165) is 18.4 Å². The van der Waals surface area contributed by atoms with Gasteiger partial charge in [0.15, 0.2) is 5.78 Å². The van der Waals surface area contributed by atoms with Gasteiger partial charge in [0, 0.05) is 0 Å². The van der Waals surface area contributed by atoms with Crippen LogP contribution >= 0.6 is 0 Å². The minimum atomic E-state index is -0.364. The van der Waals surface area contributed by atoms with Gasteiger partial charge in [-0.25, -0.2) is 4.39 Å². The highest BCUT2D eigenvalue weighted by atomic mass is 19.1. The number of ketones is 1. The van der Waals surface area contributed by atoms with E-state index < -0.39 is 0 Å². The van der Waals surface area contributed by atoms with E-state index in [-0.39, 0.29) is 17.7 Å². The molecule has 3 heteroatoms. The molecule has 0 saturated heterocycles. The molecule has 0 N–H and O–H groups in total. The van der Waals surface area contributed by atoms with E-state index in [1.807, 2.05) is 6.92 Å². The summed E-state index contributed by atoms with van der Waals surface area (Å²) in [6.07, 6.45) is 1.74. The molecule has 0 spiro atoms. The number of rotatable bonds is 1. The third kappa shape index (κ3) is 1.87. The van der Waals surface area contributed by atoms with Crippen molar-refractivity contribution in [2.75, 3.05) is 0 Å². The molecule has 0 aliphatic carbocycles. The summed E-state index contributed by atoms with van der Waals surface area (Å²) in [4.78, 5) is 11.3. The highest BCUT2D eigenvalue weighted by molar-refractivity contribution is 5.97. The van der Waals surface area contributed by atoms with Gasteiger partial charge in [-0.3, -0.25) is 4.79 Å². The normalized spacial score (nSPS) is 19.3. The molecule has 2 rings (SSSR count). The SMILES string of the molecule is CC(=O)c1cc(F)cc2c1OC(C)CC2. The molecule has 1 heterocycles. The van der Waals surface area contributed by atoms with Crippen LogP contribution in [0.15, 0.2) is 12.1 Å². The second kappa shape index (κ2) is 3.65. The molecule has 0 radical (unpaired) electrons. The second-order valence-electron chi connectivity index (χ2n) is 3.96. The van der Waals surface area contributed by atoms with Crippen LogP contribution in [0, 0.1) is 5.82 Å². The zero-order valence-corrected chi connectivity index (χ0v) is 8.84. The van der Waals surface area contributed by atoms with Gasteiger partial charge in [-0.1, -0.05) is 0 Å². The van der Waals surface area contributed by atoms with Gasteiger partial charge in [0.05, 0.1) is 11.7 Å². The summed E-state index contributed by atoms with van der Waals surface area (Å²) in [5.74, 6) is 0.0552. The molecule has 1 aromatic carbocycles. The van der Waals surface area contributed by atoms with E-state index in [4.69, 9.17) is 4.74 Å². The summed E-state index contributed by atoms with van der Waals surface area (Å²) in [5.41, 5.74) is 1.16. The number of benzene rings is 1. The van der Waals surface area contributed by atoms with Crippen molar-refractivity contribution in [2.45, 2.75) is 32.8 Å². The van der Waals surface area contributed by atoms with E-state index in [1.54, 1.807) is 0 Å². The molecule has 1 aliphatic heterocycles. The van der Waals surface area contributed by atoms with Gasteiger partial charge in [-0.2, -0.15) is 0 Å². The van der Waals surface area contributed by atoms with Crippen molar-refractivity contribution in [2.24, 2.45) is 0 Å². The lowest BCUT2D eigenvalue weighted by Crippen LogP contribution is -2.21. The largest absolute Gasteiger partial charge is 0.490 e. The van der Waals surface area contributed by atoms with Crippen molar-refractivity contribution < 1.29 is 13.9 Å². The van der Waals surface area contributed by atoms with Crippen LogP contribution in [0.4, 0.5) is 4.39 Å². The first-order valence-electron chi connectivity index (χ1n) is 5.08. The number of halogens is 1. The number of carbonyl (C=O) groups is 1. The Bertz CT molecular complexity index is 412. The Hall–Kier alpha value is -1.38. The Labute approximate surface area is 88.1 Å². The molecule has 1 unspecified atom stereocenters. The summed E-state index contributed by atoms with van der Waals surface area (Å²) in [6, 6.07) is 2.70. The summed E-state index contributed by atoms with van der Waals surface area (Å²) < 4.78 is 18.8. The molecule has 0 aromatic heterocycles. The summed E-state index contributed by atoms with van der Waals surface area (Å²) in [5, 5.41) is 0. The fourth-order valence-corrected chi connectivity index (χ4v) is 1.86. The molecule has 0 bridgehead atoms. The maximum atomic E-state index is 13.2. The first-order valence-corrected chi connectivity index (χ1v) is 5.08. The van der Waals surface area contributed by atoms with Crippen LogP contribution in [-0.2, 0) is 6.42 Å². The van der Waals surface area contributed by atoms with Gasteiger partial charge in [0.1, 0.15) is 11.6 Å². The molecule has 1 aliphatic rings. The topological polar surface area (TPSA) is 26.3 Å². The Morgan fingerprint density at radius 1 is 1.53 bits per heavy atom. The Morgan fingerprint density at radius 3 is 2.93 bits per heavy atom. The van der Waals surface area contributed by atoms with Crippen LogP contribution in [0.5, 0.6) is 5.75 Å². The predicted octanol–water partition coefficient (Wildman–Crippen LogP) is 2.74. The molecule has 15 heavy (non-hydrogen) atoms. The molecule has 2 nitrogen and oxygen atoms in total. The number of ether oxygens (including phenoxy) is 1. The number of Topliss-reactive ketones (excluding diaryl/α,β-unsaturated/α-hetero) is 1. The summed E-state index contributed by atoms with van der Waals surface area (Å²) in [6.45, 7) is 3.38. The highest BCUT2D eigenvalue weighted by Gasteiger charge is 2.22. The minimum absolute atomic E-state index is 0.0982. The van der Waals surface area contributed by atoms with Crippen molar-refractivity contribution in [1.29, 1.82) is 0 Å². The van der Waals surface area contributed by atoms with Crippen molar-refractivity contribution in [3.05, 3.63) is 29.1 Å². The highest BCUT2D eigenvalue weighted by Crippen LogP contribution is 2.32. The minimum Gasteiger partial charge on any atom is -0.490 e. The van der Waals surface area contributed by atoms with Crippen molar-refractivity contribution in [3.8, 4) is 5.75 Å². The monoisotopic (exact) mass is 208 g/mol. The van der Waals surface area contributed by atoms with Crippen molar-refractivity contribution >= 4 is 5.78 Å². The molecule has 80 valence electrons. The zero-order chi connectivity index (χ0) is 11.0. The zero-order valence-electron chi connectivity index (χ0n) is 8.84. The molecule has 0 amide bonds. The predicted molar refractivity (Wildman–Crippen MR) is 54.8 cm³/mol.